The first-order valence-electron chi connectivity index (χ1n) is 5.33. The summed E-state index contributed by atoms with van der Waals surface area (Å²) in [5.74, 6) is 1.80. The lowest BCUT2D eigenvalue weighted by Gasteiger charge is -2.10. The number of ether oxygens (including phenoxy) is 2. The number of methoxy groups -OCH3 is 1. The van der Waals surface area contributed by atoms with E-state index in [-0.39, 0.29) is 0 Å². The lowest BCUT2D eigenvalue weighted by Crippen LogP contribution is -1.96. The highest BCUT2D eigenvalue weighted by Crippen LogP contribution is 2.31. The van der Waals surface area contributed by atoms with Crippen LogP contribution in [0.3, 0.4) is 0 Å². The normalized spacial score (nSPS) is 10.2. The van der Waals surface area contributed by atoms with Crippen LogP contribution >= 0.6 is 15.9 Å². The molecular weight excluding hydrogens is 296 g/mol. The van der Waals surface area contributed by atoms with Gasteiger partial charge in [0.05, 0.1) is 12.8 Å². The van der Waals surface area contributed by atoms with Gasteiger partial charge >= 0.3 is 0 Å². The maximum absolute atomic E-state index is 5.88. The van der Waals surface area contributed by atoms with Crippen LogP contribution < -0.4 is 15.2 Å². The van der Waals surface area contributed by atoms with E-state index >= 15 is 0 Å². The van der Waals surface area contributed by atoms with Crippen LogP contribution in [0, 0.1) is 6.92 Å². The Kier molecular flexibility index (Phi) is 3.72. The highest BCUT2D eigenvalue weighted by Gasteiger charge is 2.07. The highest BCUT2D eigenvalue weighted by atomic mass is 79.9. The van der Waals surface area contributed by atoms with Crippen molar-refractivity contribution in [2.45, 2.75) is 6.92 Å². The maximum atomic E-state index is 5.88. The van der Waals surface area contributed by atoms with E-state index in [0.717, 1.165) is 10.0 Å². The van der Waals surface area contributed by atoms with Crippen molar-refractivity contribution in [1.82, 2.24) is 4.98 Å². The number of halogens is 1. The monoisotopic (exact) mass is 308 g/mol. The average molecular weight is 309 g/mol. The van der Waals surface area contributed by atoms with Crippen molar-refractivity contribution in [3.8, 4) is 17.4 Å². The van der Waals surface area contributed by atoms with Crippen LogP contribution in [-0.4, -0.2) is 12.1 Å². The summed E-state index contributed by atoms with van der Waals surface area (Å²) in [6.45, 7) is 1.92. The van der Waals surface area contributed by atoms with Crippen molar-refractivity contribution >= 4 is 21.6 Å². The van der Waals surface area contributed by atoms with E-state index in [2.05, 4.69) is 20.9 Å². The molecule has 1 aromatic carbocycles. The molecular formula is C13H13BrN2O2. The van der Waals surface area contributed by atoms with Gasteiger partial charge in [-0.15, -0.1) is 0 Å². The Morgan fingerprint density at radius 2 is 2.06 bits per heavy atom. The fourth-order valence-corrected chi connectivity index (χ4v) is 1.93. The van der Waals surface area contributed by atoms with E-state index < -0.39 is 0 Å². The number of nitrogen functional groups attached to an aromatic ring is 1. The molecule has 4 nitrogen and oxygen atoms in total. The fourth-order valence-electron chi connectivity index (χ4n) is 1.49. The zero-order valence-corrected chi connectivity index (χ0v) is 11.7. The second-order valence-corrected chi connectivity index (χ2v) is 4.70. The lowest BCUT2D eigenvalue weighted by molar-refractivity contribution is 0.412. The lowest BCUT2D eigenvalue weighted by atomic mass is 10.2. The molecule has 0 bridgehead atoms. The molecule has 2 aromatic rings. The van der Waals surface area contributed by atoms with E-state index in [0.29, 0.717) is 23.1 Å². The Bertz CT molecular complexity index is 573. The molecule has 0 saturated carbocycles. The smallest absolute Gasteiger partial charge is 0.222 e. The zero-order chi connectivity index (χ0) is 13.1. The molecule has 0 fully saturated rings. The molecule has 18 heavy (non-hydrogen) atoms. The first-order chi connectivity index (χ1) is 8.60. The Hall–Kier alpha value is -1.75. The summed E-state index contributed by atoms with van der Waals surface area (Å²) in [6, 6.07) is 7.20. The van der Waals surface area contributed by atoms with Crippen LogP contribution in [0.4, 0.5) is 5.69 Å². The molecule has 1 aromatic heterocycles. The third-order valence-corrected chi connectivity index (χ3v) is 2.85. The molecule has 94 valence electrons. The molecule has 0 aliphatic heterocycles. The molecule has 0 amide bonds. The summed E-state index contributed by atoms with van der Waals surface area (Å²) in [7, 11) is 1.59. The van der Waals surface area contributed by atoms with Crippen LogP contribution in [0.1, 0.15) is 5.56 Å². The van der Waals surface area contributed by atoms with Crippen LogP contribution in [0.15, 0.2) is 34.9 Å². The molecule has 0 atom stereocenters. The number of benzene rings is 1. The van der Waals surface area contributed by atoms with Gasteiger partial charge in [0.1, 0.15) is 5.75 Å². The molecule has 0 spiro atoms. The van der Waals surface area contributed by atoms with E-state index in [1.807, 2.05) is 13.0 Å². The van der Waals surface area contributed by atoms with E-state index in [1.165, 1.54) is 0 Å². The van der Waals surface area contributed by atoms with Crippen LogP contribution in [-0.2, 0) is 0 Å². The number of aromatic nitrogens is 1. The number of aryl methyl sites for hydroxylation is 1. The molecule has 2 rings (SSSR count). The van der Waals surface area contributed by atoms with Crippen molar-refractivity contribution in [3.05, 3.63) is 40.5 Å². The van der Waals surface area contributed by atoms with Gasteiger partial charge in [0.2, 0.25) is 5.88 Å². The molecule has 5 heteroatoms. The van der Waals surface area contributed by atoms with Gasteiger partial charge < -0.3 is 15.2 Å². The van der Waals surface area contributed by atoms with E-state index in [4.69, 9.17) is 15.2 Å². The predicted molar refractivity (Wildman–Crippen MR) is 74.2 cm³/mol. The SMILES string of the molecule is COc1ccc(Oc2ncc(Br)cc2C)c(N)c1. The minimum absolute atomic E-state index is 0.512. The second-order valence-electron chi connectivity index (χ2n) is 3.78. The van der Waals surface area contributed by atoms with Crippen molar-refractivity contribution < 1.29 is 9.47 Å². The Morgan fingerprint density at radius 3 is 2.67 bits per heavy atom. The van der Waals surface area contributed by atoms with Gasteiger partial charge in [-0.25, -0.2) is 4.98 Å². The number of nitrogens with zero attached hydrogens (tertiary/aromatic N) is 1. The van der Waals surface area contributed by atoms with Crippen molar-refractivity contribution in [2.75, 3.05) is 12.8 Å². The molecule has 0 saturated heterocycles. The molecule has 0 aliphatic carbocycles. The summed E-state index contributed by atoms with van der Waals surface area (Å²) in [5, 5.41) is 0. The van der Waals surface area contributed by atoms with E-state index in [9.17, 15) is 0 Å². The Balaban J connectivity index is 2.28. The number of pyridine rings is 1. The summed E-state index contributed by atoms with van der Waals surface area (Å²) < 4.78 is 11.7. The largest absolute Gasteiger partial charge is 0.497 e. The quantitative estimate of drug-likeness (QED) is 0.881. The predicted octanol–water partition coefficient (Wildman–Crippen LogP) is 3.54. The van der Waals surface area contributed by atoms with Gasteiger partial charge in [0.25, 0.3) is 0 Å². The number of hydrogen-bond acceptors (Lipinski definition) is 4. The van der Waals surface area contributed by atoms with Crippen molar-refractivity contribution in [1.29, 1.82) is 0 Å². The number of nitrogens with two attached hydrogens (primary N) is 1. The van der Waals surface area contributed by atoms with Gasteiger partial charge in [0, 0.05) is 22.3 Å². The zero-order valence-electron chi connectivity index (χ0n) is 10.1. The first kappa shape index (κ1) is 12.7. The van der Waals surface area contributed by atoms with Crippen LogP contribution in [0.5, 0.6) is 17.4 Å². The molecule has 0 aliphatic rings. The van der Waals surface area contributed by atoms with Crippen LogP contribution in [0.25, 0.3) is 0 Å². The third kappa shape index (κ3) is 2.73. The van der Waals surface area contributed by atoms with Crippen molar-refractivity contribution in [3.63, 3.8) is 0 Å². The third-order valence-electron chi connectivity index (χ3n) is 2.42. The summed E-state index contributed by atoms with van der Waals surface area (Å²) in [5.41, 5.74) is 7.33. The first-order valence-corrected chi connectivity index (χ1v) is 6.13. The molecule has 1 heterocycles. The molecule has 0 radical (unpaired) electrons. The number of anilines is 1. The maximum Gasteiger partial charge on any atom is 0.222 e. The van der Waals surface area contributed by atoms with Crippen molar-refractivity contribution in [2.24, 2.45) is 0 Å². The van der Waals surface area contributed by atoms with Gasteiger partial charge in [-0.3, -0.25) is 0 Å². The summed E-state index contributed by atoms with van der Waals surface area (Å²) in [4.78, 5) is 4.20. The summed E-state index contributed by atoms with van der Waals surface area (Å²) >= 11 is 3.36. The second kappa shape index (κ2) is 5.27. The topological polar surface area (TPSA) is 57.4 Å². The van der Waals surface area contributed by atoms with Gasteiger partial charge in [0.15, 0.2) is 5.75 Å². The Labute approximate surface area is 114 Å². The number of hydrogen-bond donors (Lipinski definition) is 1. The Morgan fingerprint density at radius 1 is 1.28 bits per heavy atom. The summed E-state index contributed by atoms with van der Waals surface area (Å²) in [6.07, 6.45) is 1.68. The fraction of sp³-hybridized carbons (Fsp3) is 0.154. The standard InChI is InChI=1S/C13H13BrN2O2/c1-8-5-9(14)7-16-13(8)18-12-4-3-10(17-2)6-11(12)15/h3-7H,15H2,1-2H3. The van der Waals surface area contributed by atoms with Crippen LogP contribution in [0.2, 0.25) is 0 Å². The average Bonchev–Trinajstić information content (AvgIpc) is 2.34. The molecule has 2 N–H and O–H groups in total. The highest BCUT2D eigenvalue weighted by molar-refractivity contribution is 9.10. The minimum Gasteiger partial charge on any atom is -0.497 e. The molecule has 0 unspecified atom stereocenters. The van der Waals surface area contributed by atoms with E-state index in [1.54, 1.807) is 31.5 Å². The number of rotatable bonds is 3. The van der Waals surface area contributed by atoms with Gasteiger partial charge in [-0.1, -0.05) is 0 Å². The van der Waals surface area contributed by atoms with Gasteiger partial charge in [-0.05, 0) is 41.1 Å². The minimum atomic E-state index is 0.512. The van der Waals surface area contributed by atoms with Gasteiger partial charge in [-0.2, -0.15) is 0 Å².